The molecule has 2 rings (SSSR count). The van der Waals surface area contributed by atoms with Crippen LogP contribution in [0.4, 0.5) is 0 Å². The third-order valence-corrected chi connectivity index (χ3v) is 2.88. The summed E-state index contributed by atoms with van der Waals surface area (Å²) in [6.45, 7) is 1.40. The number of esters is 1. The predicted molar refractivity (Wildman–Crippen MR) is 60.9 cm³/mol. The van der Waals surface area contributed by atoms with Crippen LogP contribution < -0.4 is 9.47 Å². The highest BCUT2D eigenvalue weighted by Crippen LogP contribution is 2.34. The summed E-state index contributed by atoms with van der Waals surface area (Å²) in [6, 6.07) is 3.93. The summed E-state index contributed by atoms with van der Waals surface area (Å²) < 4.78 is 10.4. The summed E-state index contributed by atoms with van der Waals surface area (Å²) in [6.07, 6.45) is 4.58. The Balaban J connectivity index is 2.39. The van der Waals surface area contributed by atoms with Gasteiger partial charge in [-0.2, -0.15) is 0 Å². The van der Waals surface area contributed by atoms with Crippen LogP contribution in [0.25, 0.3) is 0 Å². The van der Waals surface area contributed by atoms with Gasteiger partial charge in [-0.1, -0.05) is 0 Å². The molecule has 0 aliphatic heterocycles. The number of aryl methyl sites for hydroxylation is 2. The Labute approximate surface area is 95.4 Å². The lowest BCUT2D eigenvalue weighted by molar-refractivity contribution is -0.132. The third kappa shape index (κ3) is 2.18. The van der Waals surface area contributed by atoms with Crippen molar-refractivity contribution < 1.29 is 14.3 Å². The van der Waals surface area contributed by atoms with Crippen LogP contribution in [0.15, 0.2) is 12.1 Å². The van der Waals surface area contributed by atoms with E-state index >= 15 is 0 Å². The number of hydrogen-bond donors (Lipinski definition) is 0. The van der Waals surface area contributed by atoms with E-state index in [0.717, 1.165) is 12.8 Å². The molecule has 0 spiro atoms. The molecule has 0 heterocycles. The summed E-state index contributed by atoms with van der Waals surface area (Å²) in [7, 11) is 1.59. The molecule has 1 aliphatic carbocycles. The fraction of sp³-hybridized carbons (Fsp3) is 0.462. The predicted octanol–water partition coefficient (Wildman–Crippen LogP) is 2.50. The molecular formula is C13H16O3. The van der Waals surface area contributed by atoms with Crippen LogP contribution in [0, 0.1) is 0 Å². The van der Waals surface area contributed by atoms with Crippen LogP contribution >= 0.6 is 0 Å². The molecule has 0 amide bonds. The second-order valence-corrected chi connectivity index (χ2v) is 4.07. The molecule has 3 heteroatoms. The average Bonchev–Trinajstić information content (AvgIpc) is 2.27. The van der Waals surface area contributed by atoms with Crippen molar-refractivity contribution in [1.82, 2.24) is 0 Å². The molecule has 0 bridgehead atoms. The Bertz CT molecular complexity index is 410. The molecule has 1 aromatic rings. The SMILES string of the molecule is COc1cc2c(cc1OC(C)=O)CCCC2. The molecule has 0 atom stereocenters. The van der Waals surface area contributed by atoms with Crippen LogP contribution in [0.1, 0.15) is 30.9 Å². The maximum absolute atomic E-state index is 11.0. The van der Waals surface area contributed by atoms with Crippen LogP contribution in [0.3, 0.4) is 0 Å². The fourth-order valence-electron chi connectivity index (χ4n) is 2.13. The molecule has 0 unspecified atom stereocenters. The highest BCUT2D eigenvalue weighted by atomic mass is 16.6. The Morgan fingerprint density at radius 2 is 1.69 bits per heavy atom. The maximum atomic E-state index is 11.0. The van der Waals surface area contributed by atoms with E-state index in [0.29, 0.717) is 11.5 Å². The maximum Gasteiger partial charge on any atom is 0.308 e. The van der Waals surface area contributed by atoms with E-state index in [2.05, 4.69) is 0 Å². The van der Waals surface area contributed by atoms with Gasteiger partial charge in [-0.25, -0.2) is 0 Å². The topological polar surface area (TPSA) is 35.5 Å². The van der Waals surface area contributed by atoms with Crippen molar-refractivity contribution in [3.63, 3.8) is 0 Å². The van der Waals surface area contributed by atoms with Crippen LogP contribution in [0.5, 0.6) is 11.5 Å². The van der Waals surface area contributed by atoms with E-state index in [-0.39, 0.29) is 5.97 Å². The smallest absolute Gasteiger partial charge is 0.308 e. The molecule has 0 aromatic heterocycles. The number of ether oxygens (including phenoxy) is 2. The molecule has 0 radical (unpaired) electrons. The van der Waals surface area contributed by atoms with Gasteiger partial charge in [-0.3, -0.25) is 4.79 Å². The molecular weight excluding hydrogens is 204 g/mol. The number of carbonyl (C=O) groups is 1. The minimum Gasteiger partial charge on any atom is -0.493 e. The molecule has 0 saturated carbocycles. The van der Waals surface area contributed by atoms with Gasteiger partial charge < -0.3 is 9.47 Å². The Morgan fingerprint density at radius 1 is 1.12 bits per heavy atom. The molecule has 0 N–H and O–H groups in total. The average molecular weight is 220 g/mol. The summed E-state index contributed by atoms with van der Waals surface area (Å²) in [5.74, 6) is 0.876. The fourth-order valence-corrected chi connectivity index (χ4v) is 2.13. The lowest BCUT2D eigenvalue weighted by atomic mass is 9.91. The van der Waals surface area contributed by atoms with Gasteiger partial charge in [0, 0.05) is 6.92 Å². The van der Waals surface area contributed by atoms with Gasteiger partial charge in [0.1, 0.15) is 0 Å². The van der Waals surface area contributed by atoms with Crippen LogP contribution in [-0.4, -0.2) is 13.1 Å². The molecule has 1 aromatic carbocycles. The first-order valence-corrected chi connectivity index (χ1v) is 5.59. The van der Waals surface area contributed by atoms with Crippen molar-refractivity contribution in [2.45, 2.75) is 32.6 Å². The van der Waals surface area contributed by atoms with Crippen molar-refractivity contribution in [2.24, 2.45) is 0 Å². The van der Waals surface area contributed by atoms with Gasteiger partial charge >= 0.3 is 5.97 Å². The normalized spacial score (nSPS) is 14.1. The van der Waals surface area contributed by atoms with Gasteiger partial charge in [0.2, 0.25) is 0 Å². The Morgan fingerprint density at radius 3 is 2.19 bits per heavy atom. The molecule has 16 heavy (non-hydrogen) atoms. The van der Waals surface area contributed by atoms with Gasteiger partial charge in [-0.05, 0) is 48.9 Å². The molecule has 1 aliphatic rings. The van der Waals surface area contributed by atoms with E-state index in [1.54, 1.807) is 7.11 Å². The zero-order chi connectivity index (χ0) is 11.5. The molecule has 86 valence electrons. The standard InChI is InChI=1S/C13H16O3/c1-9(14)16-13-8-11-6-4-3-5-10(11)7-12(13)15-2/h7-8H,3-6H2,1-2H3. The first-order valence-electron chi connectivity index (χ1n) is 5.59. The molecule has 3 nitrogen and oxygen atoms in total. The van der Waals surface area contributed by atoms with Crippen molar-refractivity contribution in [3.8, 4) is 11.5 Å². The summed E-state index contributed by atoms with van der Waals surface area (Å²) in [5, 5.41) is 0. The largest absolute Gasteiger partial charge is 0.493 e. The zero-order valence-corrected chi connectivity index (χ0v) is 9.71. The van der Waals surface area contributed by atoms with Crippen molar-refractivity contribution >= 4 is 5.97 Å². The summed E-state index contributed by atoms with van der Waals surface area (Å²) >= 11 is 0. The summed E-state index contributed by atoms with van der Waals surface area (Å²) in [5.41, 5.74) is 2.60. The van der Waals surface area contributed by atoms with Gasteiger partial charge in [-0.15, -0.1) is 0 Å². The Kier molecular flexibility index (Phi) is 3.13. The molecule has 0 fully saturated rings. The highest BCUT2D eigenvalue weighted by molar-refractivity contribution is 5.70. The highest BCUT2D eigenvalue weighted by Gasteiger charge is 2.15. The van der Waals surface area contributed by atoms with E-state index in [4.69, 9.17) is 9.47 Å². The number of fused-ring (bicyclic) bond motifs is 1. The minimum atomic E-state index is -0.311. The second-order valence-electron chi connectivity index (χ2n) is 4.07. The number of benzene rings is 1. The first kappa shape index (κ1) is 11.0. The van der Waals surface area contributed by atoms with Crippen molar-refractivity contribution in [2.75, 3.05) is 7.11 Å². The van der Waals surface area contributed by atoms with Crippen molar-refractivity contribution in [3.05, 3.63) is 23.3 Å². The number of methoxy groups -OCH3 is 1. The van der Waals surface area contributed by atoms with Gasteiger partial charge in [0.15, 0.2) is 11.5 Å². The van der Waals surface area contributed by atoms with E-state index in [1.807, 2.05) is 12.1 Å². The summed E-state index contributed by atoms with van der Waals surface area (Å²) in [4.78, 5) is 11.0. The van der Waals surface area contributed by atoms with Crippen LogP contribution in [-0.2, 0) is 17.6 Å². The lowest BCUT2D eigenvalue weighted by Gasteiger charge is -2.18. The molecule has 0 saturated heterocycles. The first-order chi connectivity index (χ1) is 7.70. The van der Waals surface area contributed by atoms with Gasteiger partial charge in [0.25, 0.3) is 0 Å². The van der Waals surface area contributed by atoms with Crippen molar-refractivity contribution in [1.29, 1.82) is 0 Å². The van der Waals surface area contributed by atoms with Gasteiger partial charge in [0.05, 0.1) is 7.11 Å². The van der Waals surface area contributed by atoms with E-state index in [9.17, 15) is 4.79 Å². The zero-order valence-electron chi connectivity index (χ0n) is 9.71. The monoisotopic (exact) mass is 220 g/mol. The number of rotatable bonds is 2. The van der Waals surface area contributed by atoms with Crippen LogP contribution in [0.2, 0.25) is 0 Å². The Hall–Kier alpha value is -1.51. The third-order valence-electron chi connectivity index (χ3n) is 2.88. The number of carbonyl (C=O) groups excluding carboxylic acids is 1. The lowest BCUT2D eigenvalue weighted by Crippen LogP contribution is -2.07. The number of hydrogen-bond acceptors (Lipinski definition) is 3. The minimum absolute atomic E-state index is 0.311. The second kappa shape index (κ2) is 4.56. The van der Waals surface area contributed by atoms with E-state index in [1.165, 1.54) is 30.9 Å². The quantitative estimate of drug-likeness (QED) is 0.567. The van der Waals surface area contributed by atoms with E-state index < -0.39 is 0 Å².